The van der Waals surface area contributed by atoms with Crippen molar-refractivity contribution in [3.8, 4) is 0 Å². The molecule has 2 saturated heterocycles. The van der Waals surface area contributed by atoms with Crippen molar-refractivity contribution in [2.24, 2.45) is 0 Å². The first kappa shape index (κ1) is 14.7. The maximum atomic E-state index is 6.27. The van der Waals surface area contributed by atoms with Gasteiger partial charge < -0.3 is 14.1 Å². The highest BCUT2D eigenvalue weighted by molar-refractivity contribution is 5.39. The predicted molar refractivity (Wildman–Crippen MR) is 88.4 cm³/mol. The number of hydrogen-bond donors (Lipinski definition) is 0. The largest absolute Gasteiger partial charge is 0.468 e. The third-order valence-electron chi connectivity index (χ3n) is 4.80. The Morgan fingerprint density at radius 1 is 1.13 bits per heavy atom. The summed E-state index contributed by atoms with van der Waals surface area (Å²) in [5, 5.41) is 0. The molecule has 2 aromatic heterocycles. The van der Waals surface area contributed by atoms with Gasteiger partial charge in [-0.2, -0.15) is 0 Å². The summed E-state index contributed by atoms with van der Waals surface area (Å²) in [6.45, 7) is 5.54. The second-order valence-electron chi connectivity index (χ2n) is 6.53. The molecule has 4 heterocycles. The van der Waals surface area contributed by atoms with E-state index in [2.05, 4.69) is 26.9 Å². The SMILES string of the molecule is c1ccc(N2CCC[C@]3(CN(Cc4ccco4)CCO3)C2)nc1. The van der Waals surface area contributed by atoms with Gasteiger partial charge in [-0.25, -0.2) is 4.98 Å². The van der Waals surface area contributed by atoms with Crippen molar-refractivity contribution in [1.29, 1.82) is 0 Å². The van der Waals surface area contributed by atoms with E-state index >= 15 is 0 Å². The van der Waals surface area contributed by atoms with Crippen LogP contribution >= 0.6 is 0 Å². The molecular formula is C18H23N3O2. The van der Waals surface area contributed by atoms with Gasteiger partial charge in [-0.15, -0.1) is 0 Å². The maximum Gasteiger partial charge on any atom is 0.128 e. The Morgan fingerprint density at radius 2 is 2.13 bits per heavy atom. The van der Waals surface area contributed by atoms with Gasteiger partial charge in [0.1, 0.15) is 11.6 Å². The van der Waals surface area contributed by atoms with Gasteiger partial charge in [0.2, 0.25) is 0 Å². The van der Waals surface area contributed by atoms with E-state index in [0.717, 1.165) is 63.8 Å². The molecule has 0 unspecified atom stereocenters. The molecule has 4 rings (SSSR count). The highest BCUT2D eigenvalue weighted by Crippen LogP contribution is 2.31. The van der Waals surface area contributed by atoms with Crippen molar-refractivity contribution in [2.75, 3.05) is 37.7 Å². The van der Waals surface area contributed by atoms with Crippen LogP contribution in [0.1, 0.15) is 18.6 Å². The van der Waals surface area contributed by atoms with Crippen LogP contribution in [0.15, 0.2) is 47.2 Å². The number of nitrogens with zero attached hydrogens (tertiary/aromatic N) is 3. The first-order chi connectivity index (χ1) is 11.3. The predicted octanol–water partition coefficient (Wildman–Crippen LogP) is 2.55. The van der Waals surface area contributed by atoms with E-state index < -0.39 is 0 Å². The second-order valence-corrected chi connectivity index (χ2v) is 6.53. The molecule has 1 atom stereocenters. The molecule has 0 aromatic carbocycles. The Balaban J connectivity index is 1.46. The Bertz CT molecular complexity index is 612. The number of aromatic nitrogens is 1. The maximum absolute atomic E-state index is 6.27. The average molecular weight is 313 g/mol. The van der Waals surface area contributed by atoms with Crippen LogP contribution in [-0.2, 0) is 11.3 Å². The quantitative estimate of drug-likeness (QED) is 0.871. The summed E-state index contributed by atoms with van der Waals surface area (Å²) in [6, 6.07) is 10.1. The number of pyridine rings is 1. The molecular weight excluding hydrogens is 290 g/mol. The minimum absolute atomic E-state index is 0.0827. The van der Waals surface area contributed by atoms with Gasteiger partial charge in [-0.1, -0.05) is 6.07 Å². The lowest BCUT2D eigenvalue weighted by Crippen LogP contribution is -2.59. The minimum Gasteiger partial charge on any atom is -0.468 e. The van der Waals surface area contributed by atoms with Gasteiger partial charge in [0.15, 0.2) is 0 Å². The first-order valence-corrected chi connectivity index (χ1v) is 8.38. The van der Waals surface area contributed by atoms with Crippen molar-refractivity contribution in [2.45, 2.75) is 25.0 Å². The number of anilines is 1. The van der Waals surface area contributed by atoms with Crippen LogP contribution in [-0.4, -0.2) is 48.3 Å². The Hall–Kier alpha value is -1.85. The molecule has 0 aliphatic carbocycles. The molecule has 0 radical (unpaired) electrons. The molecule has 23 heavy (non-hydrogen) atoms. The Kier molecular flexibility index (Phi) is 4.06. The van der Waals surface area contributed by atoms with Crippen molar-refractivity contribution < 1.29 is 9.15 Å². The highest BCUT2D eigenvalue weighted by Gasteiger charge is 2.40. The third kappa shape index (κ3) is 3.26. The summed E-state index contributed by atoms with van der Waals surface area (Å²) in [7, 11) is 0. The van der Waals surface area contributed by atoms with Gasteiger partial charge in [0, 0.05) is 32.4 Å². The van der Waals surface area contributed by atoms with E-state index in [1.54, 1.807) is 6.26 Å². The zero-order chi connectivity index (χ0) is 15.5. The van der Waals surface area contributed by atoms with Gasteiger partial charge >= 0.3 is 0 Å². The first-order valence-electron chi connectivity index (χ1n) is 8.38. The number of piperidine rings is 1. The van der Waals surface area contributed by atoms with Gasteiger partial charge in [-0.3, -0.25) is 4.90 Å². The molecule has 0 N–H and O–H groups in total. The lowest BCUT2D eigenvalue weighted by molar-refractivity contribution is -0.117. The molecule has 2 aromatic rings. The number of hydrogen-bond acceptors (Lipinski definition) is 5. The molecule has 2 aliphatic rings. The number of rotatable bonds is 3. The fourth-order valence-electron chi connectivity index (χ4n) is 3.76. The normalized spacial score (nSPS) is 25.8. The zero-order valence-corrected chi connectivity index (χ0v) is 13.4. The molecule has 2 aliphatic heterocycles. The number of furan rings is 1. The summed E-state index contributed by atoms with van der Waals surface area (Å²) in [5.41, 5.74) is -0.0827. The van der Waals surface area contributed by atoms with Crippen LogP contribution in [0.25, 0.3) is 0 Å². The molecule has 0 saturated carbocycles. The van der Waals surface area contributed by atoms with Crippen LogP contribution in [0.2, 0.25) is 0 Å². The van der Waals surface area contributed by atoms with Crippen LogP contribution in [0, 0.1) is 0 Å². The summed E-state index contributed by atoms with van der Waals surface area (Å²) < 4.78 is 11.8. The lowest BCUT2D eigenvalue weighted by Gasteiger charge is -2.48. The standard InChI is InChI=1S/C18H23N3O2/c1-2-8-19-17(6-1)21-9-4-7-18(15-21)14-20(10-12-23-18)13-16-5-3-11-22-16/h1-3,5-6,8,11H,4,7,9-10,12-15H2/t18-/m0/s1. The van der Waals surface area contributed by atoms with Crippen molar-refractivity contribution in [3.05, 3.63) is 48.6 Å². The summed E-state index contributed by atoms with van der Waals surface area (Å²) >= 11 is 0. The van der Waals surface area contributed by atoms with E-state index in [-0.39, 0.29) is 5.60 Å². The fourth-order valence-corrected chi connectivity index (χ4v) is 3.76. The van der Waals surface area contributed by atoms with Crippen LogP contribution in [0.3, 0.4) is 0 Å². The minimum atomic E-state index is -0.0827. The molecule has 5 heteroatoms. The van der Waals surface area contributed by atoms with Crippen molar-refractivity contribution in [1.82, 2.24) is 9.88 Å². The Labute approximate surface area is 136 Å². The summed E-state index contributed by atoms with van der Waals surface area (Å²) in [6.07, 6.45) is 5.87. The van der Waals surface area contributed by atoms with Crippen LogP contribution in [0.4, 0.5) is 5.82 Å². The average Bonchev–Trinajstić information content (AvgIpc) is 3.09. The topological polar surface area (TPSA) is 41.7 Å². The van der Waals surface area contributed by atoms with E-state index in [1.807, 2.05) is 24.4 Å². The van der Waals surface area contributed by atoms with Crippen LogP contribution in [0.5, 0.6) is 0 Å². The lowest BCUT2D eigenvalue weighted by atomic mass is 9.90. The van der Waals surface area contributed by atoms with Crippen molar-refractivity contribution in [3.63, 3.8) is 0 Å². The summed E-state index contributed by atoms with van der Waals surface area (Å²) in [4.78, 5) is 9.31. The smallest absolute Gasteiger partial charge is 0.128 e. The van der Waals surface area contributed by atoms with E-state index in [4.69, 9.17) is 9.15 Å². The number of ether oxygens (including phenoxy) is 1. The summed E-state index contributed by atoms with van der Waals surface area (Å²) in [5.74, 6) is 2.08. The molecule has 5 nitrogen and oxygen atoms in total. The molecule has 1 spiro atoms. The van der Waals surface area contributed by atoms with Crippen LogP contribution < -0.4 is 4.90 Å². The highest BCUT2D eigenvalue weighted by atomic mass is 16.5. The molecule has 122 valence electrons. The Morgan fingerprint density at radius 3 is 2.96 bits per heavy atom. The van der Waals surface area contributed by atoms with E-state index in [1.165, 1.54) is 0 Å². The molecule has 2 fully saturated rings. The van der Waals surface area contributed by atoms with Gasteiger partial charge in [-0.05, 0) is 37.1 Å². The van der Waals surface area contributed by atoms with Crippen molar-refractivity contribution >= 4 is 5.82 Å². The number of morpholine rings is 1. The zero-order valence-electron chi connectivity index (χ0n) is 13.4. The van der Waals surface area contributed by atoms with Gasteiger partial charge in [0.25, 0.3) is 0 Å². The second kappa shape index (κ2) is 6.34. The molecule has 0 bridgehead atoms. The fraction of sp³-hybridized carbons (Fsp3) is 0.500. The van der Waals surface area contributed by atoms with E-state index in [9.17, 15) is 0 Å². The van der Waals surface area contributed by atoms with Gasteiger partial charge in [0.05, 0.1) is 25.0 Å². The monoisotopic (exact) mass is 313 g/mol. The molecule has 0 amide bonds. The third-order valence-corrected chi connectivity index (χ3v) is 4.80. The van der Waals surface area contributed by atoms with E-state index in [0.29, 0.717) is 0 Å².